The Bertz CT molecular complexity index is 408. The van der Waals surface area contributed by atoms with Gasteiger partial charge in [0, 0.05) is 11.6 Å². The molecule has 1 amide bonds. The third-order valence-corrected chi connectivity index (χ3v) is 2.85. The average molecular weight is 218 g/mol. The van der Waals surface area contributed by atoms with E-state index in [9.17, 15) is 4.79 Å². The molecule has 1 aliphatic rings. The maximum Gasteiger partial charge on any atom is 0.228 e. The molecule has 0 bridgehead atoms. The lowest BCUT2D eigenvalue weighted by Gasteiger charge is -2.11. The molecule has 2 rings (SSSR count). The zero-order valence-electron chi connectivity index (χ0n) is 10.1. The number of nitrogens with zero attached hydrogens (tertiary/aromatic N) is 1. The van der Waals surface area contributed by atoms with E-state index in [0.717, 1.165) is 11.5 Å². The molecule has 3 nitrogen and oxygen atoms in total. The summed E-state index contributed by atoms with van der Waals surface area (Å²) < 4.78 is 0. The molecule has 1 N–H and O–H groups in total. The Balaban J connectivity index is 2.23. The van der Waals surface area contributed by atoms with Gasteiger partial charge in [-0.05, 0) is 37.3 Å². The van der Waals surface area contributed by atoms with Crippen LogP contribution in [-0.2, 0) is 4.79 Å². The van der Waals surface area contributed by atoms with Gasteiger partial charge in [-0.15, -0.1) is 0 Å². The largest absolute Gasteiger partial charge is 0.310 e. The van der Waals surface area contributed by atoms with Crippen LogP contribution in [0, 0.1) is 12.8 Å². The van der Waals surface area contributed by atoms with E-state index in [1.54, 1.807) is 0 Å². The van der Waals surface area contributed by atoms with Crippen molar-refractivity contribution >= 4 is 11.7 Å². The van der Waals surface area contributed by atoms with Crippen molar-refractivity contribution in [2.45, 2.75) is 39.5 Å². The monoisotopic (exact) mass is 218 g/mol. The molecule has 1 saturated carbocycles. The first-order chi connectivity index (χ1) is 7.58. The number of carbonyl (C=O) groups is 1. The molecule has 1 aliphatic carbocycles. The Morgan fingerprint density at radius 1 is 1.44 bits per heavy atom. The Labute approximate surface area is 96.3 Å². The number of nitrogens with one attached hydrogen (secondary N) is 1. The lowest BCUT2D eigenvalue weighted by Crippen LogP contribution is -2.19. The lowest BCUT2D eigenvalue weighted by atomic mass is 10.1. The van der Waals surface area contributed by atoms with Crippen LogP contribution in [0.3, 0.4) is 0 Å². The Hall–Kier alpha value is -1.38. The van der Waals surface area contributed by atoms with Crippen molar-refractivity contribution in [2.24, 2.45) is 5.92 Å². The molecule has 16 heavy (non-hydrogen) atoms. The normalized spacial score (nSPS) is 15.2. The van der Waals surface area contributed by atoms with Crippen LogP contribution in [0.4, 0.5) is 5.82 Å². The van der Waals surface area contributed by atoms with Crippen LogP contribution in [0.2, 0.25) is 0 Å². The van der Waals surface area contributed by atoms with E-state index in [0.29, 0.717) is 5.92 Å². The van der Waals surface area contributed by atoms with E-state index in [-0.39, 0.29) is 11.8 Å². The van der Waals surface area contributed by atoms with Gasteiger partial charge in [-0.3, -0.25) is 4.79 Å². The van der Waals surface area contributed by atoms with Gasteiger partial charge in [-0.1, -0.05) is 19.9 Å². The van der Waals surface area contributed by atoms with Gasteiger partial charge in [-0.25, -0.2) is 4.98 Å². The topological polar surface area (TPSA) is 42.0 Å². The number of aryl methyl sites for hydroxylation is 1. The first-order valence-electron chi connectivity index (χ1n) is 5.86. The number of rotatable bonds is 3. The van der Waals surface area contributed by atoms with Crippen LogP contribution in [0.25, 0.3) is 0 Å². The summed E-state index contributed by atoms with van der Waals surface area (Å²) >= 11 is 0. The number of aromatic nitrogens is 1. The summed E-state index contributed by atoms with van der Waals surface area (Å²) in [5.74, 6) is 1.41. The van der Waals surface area contributed by atoms with E-state index in [1.807, 2.05) is 26.8 Å². The van der Waals surface area contributed by atoms with Crippen molar-refractivity contribution in [1.29, 1.82) is 0 Å². The summed E-state index contributed by atoms with van der Waals surface area (Å²) in [6.45, 7) is 5.73. The van der Waals surface area contributed by atoms with E-state index in [2.05, 4.69) is 16.4 Å². The molecule has 0 saturated heterocycles. The number of carbonyl (C=O) groups excluding carboxylic acids is 1. The molecular formula is C13H18N2O. The molecule has 0 radical (unpaired) electrons. The second-order valence-electron chi connectivity index (χ2n) is 4.81. The highest BCUT2D eigenvalue weighted by Crippen LogP contribution is 2.42. The summed E-state index contributed by atoms with van der Waals surface area (Å²) in [6.07, 6.45) is 2.44. The van der Waals surface area contributed by atoms with Crippen molar-refractivity contribution in [3.05, 3.63) is 23.4 Å². The Morgan fingerprint density at radius 2 is 2.12 bits per heavy atom. The predicted molar refractivity (Wildman–Crippen MR) is 64.4 cm³/mol. The molecule has 0 aromatic carbocycles. The molecule has 86 valence electrons. The number of hydrogen-bond donors (Lipinski definition) is 1. The number of anilines is 1. The summed E-state index contributed by atoms with van der Waals surface area (Å²) in [5, 5.41) is 2.92. The van der Waals surface area contributed by atoms with Crippen molar-refractivity contribution in [2.75, 3.05) is 5.32 Å². The van der Waals surface area contributed by atoms with Crippen molar-refractivity contribution in [3.8, 4) is 0 Å². The van der Waals surface area contributed by atoms with Gasteiger partial charge in [0.05, 0.1) is 0 Å². The summed E-state index contributed by atoms with van der Waals surface area (Å²) in [4.78, 5) is 16.1. The minimum absolute atomic E-state index is 0.00522. The van der Waals surface area contributed by atoms with Gasteiger partial charge in [0.2, 0.25) is 5.91 Å². The van der Waals surface area contributed by atoms with Gasteiger partial charge in [0.15, 0.2) is 0 Å². The van der Waals surface area contributed by atoms with Crippen LogP contribution < -0.4 is 5.32 Å². The first kappa shape index (κ1) is 11.1. The maximum atomic E-state index is 11.7. The van der Waals surface area contributed by atoms with Gasteiger partial charge in [0.25, 0.3) is 0 Å². The van der Waals surface area contributed by atoms with E-state index >= 15 is 0 Å². The zero-order valence-corrected chi connectivity index (χ0v) is 10.1. The second kappa shape index (κ2) is 4.24. The van der Waals surface area contributed by atoms with E-state index in [4.69, 9.17) is 0 Å². The minimum atomic E-state index is -0.00522. The van der Waals surface area contributed by atoms with Crippen LogP contribution in [0.5, 0.6) is 0 Å². The van der Waals surface area contributed by atoms with Crippen LogP contribution in [0.15, 0.2) is 12.1 Å². The lowest BCUT2D eigenvalue weighted by molar-refractivity contribution is -0.118. The fourth-order valence-electron chi connectivity index (χ4n) is 1.65. The van der Waals surface area contributed by atoms with Gasteiger partial charge in [-0.2, -0.15) is 0 Å². The van der Waals surface area contributed by atoms with Crippen LogP contribution in [0.1, 0.15) is 43.9 Å². The molecule has 1 aromatic heterocycles. The molecule has 0 atom stereocenters. The van der Waals surface area contributed by atoms with E-state index < -0.39 is 0 Å². The average Bonchev–Trinajstić information content (AvgIpc) is 3.01. The summed E-state index contributed by atoms with van der Waals surface area (Å²) in [7, 11) is 0. The van der Waals surface area contributed by atoms with E-state index in [1.165, 1.54) is 18.4 Å². The van der Waals surface area contributed by atoms with Gasteiger partial charge >= 0.3 is 0 Å². The van der Waals surface area contributed by atoms with Crippen molar-refractivity contribution in [3.63, 3.8) is 0 Å². The third kappa shape index (κ3) is 2.40. The molecule has 1 heterocycles. The minimum Gasteiger partial charge on any atom is -0.310 e. The molecule has 0 spiro atoms. The summed E-state index contributed by atoms with van der Waals surface area (Å²) in [6, 6.07) is 4.11. The Kier molecular flexibility index (Phi) is 2.95. The number of amides is 1. The fourth-order valence-corrected chi connectivity index (χ4v) is 1.65. The van der Waals surface area contributed by atoms with Gasteiger partial charge in [0.1, 0.15) is 5.82 Å². The zero-order chi connectivity index (χ0) is 11.7. The van der Waals surface area contributed by atoms with Crippen molar-refractivity contribution in [1.82, 2.24) is 4.98 Å². The van der Waals surface area contributed by atoms with Crippen molar-refractivity contribution < 1.29 is 4.79 Å². The molecule has 1 fully saturated rings. The highest BCUT2D eigenvalue weighted by Gasteiger charge is 2.27. The molecular weight excluding hydrogens is 200 g/mol. The Morgan fingerprint density at radius 3 is 2.69 bits per heavy atom. The molecule has 3 heteroatoms. The smallest absolute Gasteiger partial charge is 0.228 e. The standard InChI is InChI=1S/C13H18N2O/c1-8(2)13(16)15-12-11(10-5-6-10)7-4-9(3)14-12/h4,7-8,10H,5-6H2,1-3H3,(H,14,15,16). The number of pyridine rings is 1. The second-order valence-corrected chi connectivity index (χ2v) is 4.81. The molecule has 0 unspecified atom stereocenters. The predicted octanol–water partition coefficient (Wildman–Crippen LogP) is 2.86. The summed E-state index contributed by atoms with van der Waals surface area (Å²) in [5.41, 5.74) is 2.14. The quantitative estimate of drug-likeness (QED) is 0.847. The van der Waals surface area contributed by atoms with Gasteiger partial charge < -0.3 is 5.32 Å². The van der Waals surface area contributed by atoms with Crippen LogP contribution in [-0.4, -0.2) is 10.9 Å². The first-order valence-corrected chi connectivity index (χ1v) is 5.86. The molecule has 0 aliphatic heterocycles. The highest BCUT2D eigenvalue weighted by molar-refractivity contribution is 5.92. The SMILES string of the molecule is Cc1ccc(C2CC2)c(NC(=O)C(C)C)n1. The molecule has 1 aromatic rings. The third-order valence-electron chi connectivity index (χ3n) is 2.85. The fraction of sp³-hybridized carbons (Fsp3) is 0.538. The maximum absolute atomic E-state index is 11.7. The van der Waals surface area contributed by atoms with Crippen LogP contribution >= 0.6 is 0 Å². The highest BCUT2D eigenvalue weighted by atomic mass is 16.1. The number of hydrogen-bond acceptors (Lipinski definition) is 2.